The number of ether oxygens (including phenoxy) is 2. The van der Waals surface area contributed by atoms with Crippen molar-refractivity contribution in [3.05, 3.63) is 53.6 Å². The van der Waals surface area contributed by atoms with E-state index >= 15 is 0 Å². The number of hydrogen-bond acceptors (Lipinski definition) is 4. The van der Waals surface area contributed by atoms with Crippen LogP contribution in [-0.4, -0.2) is 32.6 Å². The lowest BCUT2D eigenvalue weighted by Gasteiger charge is -2.26. The fourth-order valence-corrected chi connectivity index (χ4v) is 3.28. The van der Waals surface area contributed by atoms with E-state index in [4.69, 9.17) is 15.2 Å². The summed E-state index contributed by atoms with van der Waals surface area (Å²) in [6, 6.07) is 13.6. The molecule has 0 radical (unpaired) electrons. The van der Waals surface area contributed by atoms with Crippen molar-refractivity contribution in [3.63, 3.8) is 0 Å². The number of rotatable bonds is 7. The van der Waals surface area contributed by atoms with Gasteiger partial charge in [-0.05, 0) is 48.2 Å². The minimum absolute atomic E-state index is 0. The molecule has 0 bridgehead atoms. The minimum atomic E-state index is 0. The molecule has 0 spiro atoms. The first-order valence-electron chi connectivity index (χ1n) is 9.74. The van der Waals surface area contributed by atoms with Crippen LogP contribution < -0.4 is 25.4 Å². The van der Waals surface area contributed by atoms with Crippen LogP contribution in [0.25, 0.3) is 0 Å². The van der Waals surface area contributed by atoms with Gasteiger partial charge in [0.1, 0.15) is 0 Å². The summed E-state index contributed by atoms with van der Waals surface area (Å²) in [6.07, 6.45) is 2.68. The van der Waals surface area contributed by atoms with Crippen LogP contribution in [0.4, 0.5) is 5.69 Å². The number of carbonyl (C=O) groups excluding carboxylic acids is 1. The number of aliphatic imine (C=N–C) groups is 1. The average molecular weight is 524 g/mol. The number of benzene rings is 2. The molecule has 1 heterocycles. The lowest BCUT2D eigenvalue weighted by atomic mass is 10.1. The molecule has 0 aliphatic carbocycles. The molecular weight excluding hydrogens is 495 g/mol. The van der Waals surface area contributed by atoms with E-state index in [1.807, 2.05) is 47.4 Å². The number of guanidine groups is 1. The number of carbonyl (C=O) groups is 1. The van der Waals surface area contributed by atoms with Crippen molar-refractivity contribution < 1.29 is 14.3 Å². The maximum atomic E-state index is 12.0. The Hall–Kier alpha value is -2.49. The highest BCUT2D eigenvalue weighted by Gasteiger charge is 2.19. The fourth-order valence-electron chi connectivity index (χ4n) is 3.28. The van der Waals surface area contributed by atoms with Crippen molar-refractivity contribution in [2.45, 2.75) is 32.4 Å². The molecule has 0 atom stereocenters. The number of nitrogens with zero attached hydrogens (tertiary/aromatic N) is 2. The lowest BCUT2D eigenvalue weighted by Crippen LogP contribution is -2.35. The number of hydrogen-bond donors (Lipinski definition) is 2. The first kappa shape index (κ1) is 23.8. The predicted molar refractivity (Wildman–Crippen MR) is 130 cm³/mol. The topological polar surface area (TPSA) is 89.2 Å². The molecule has 1 fully saturated rings. The third kappa shape index (κ3) is 6.25. The highest BCUT2D eigenvalue weighted by Crippen LogP contribution is 2.27. The number of halogens is 1. The minimum Gasteiger partial charge on any atom is -0.493 e. The largest absolute Gasteiger partial charge is 0.493 e. The van der Waals surface area contributed by atoms with Crippen LogP contribution in [0.1, 0.15) is 30.4 Å². The van der Waals surface area contributed by atoms with E-state index in [1.54, 1.807) is 14.2 Å². The molecule has 1 saturated heterocycles. The molecule has 7 nitrogen and oxygen atoms in total. The molecule has 0 unspecified atom stereocenters. The zero-order valence-corrected chi connectivity index (χ0v) is 19.7. The van der Waals surface area contributed by atoms with Crippen LogP contribution in [0.5, 0.6) is 11.5 Å². The lowest BCUT2D eigenvalue weighted by molar-refractivity contribution is -0.119. The Morgan fingerprint density at radius 2 is 1.77 bits per heavy atom. The van der Waals surface area contributed by atoms with Gasteiger partial charge in [-0.25, -0.2) is 4.99 Å². The maximum Gasteiger partial charge on any atom is 0.226 e. The molecule has 0 aromatic heterocycles. The molecule has 2 aromatic carbocycles. The van der Waals surface area contributed by atoms with E-state index in [-0.39, 0.29) is 29.9 Å². The van der Waals surface area contributed by atoms with Gasteiger partial charge in [0.15, 0.2) is 17.5 Å². The van der Waals surface area contributed by atoms with E-state index in [9.17, 15) is 4.79 Å². The van der Waals surface area contributed by atoms with Gasteiger partial charge in [0, 0.05) is 25.2 Å². The van der Waals surface area contributed by atoms with Gasteiger partial charge in [-0.2, -0.15) is 0 Å². The molecular formula is C22H29IN4O3. The second kappa shape index (κ2) is 11.6. The zero-order chi connectivity index (χ0) is 20.6. The Labute approximate surface area is 194 Å². The average Bonchev–Trinajstić information content (AvgIpc) is 2.76. The molecule has 1 aliphatic rings. The van der Waals surface area contributed by atoms with E-state index in [0.29, 0.717) is 37.0 Å². The van der Waals surface area contributed by atoms with Gasteiger partial charge in [-0.15, -0.1) is 24.0 Å². The Bertz CT molecular complexity index is 871. The van der Waals surface area contributed by atoms with E-state index in [1.165, 1.54) is 0 Å². The SMILES string of the molecule is COc1ccc(CN=C(N)NCc2ccc(N3CCCCC3=O)cc2)cc1OC.I. The molecule has 1 amide bonds. The van der Waals surface area contributed by atoms with E-state index in [0.717, 1.165) is 36.2 Å². The van der Waals surface area contributed by atoms with Crippen molar-refractivity contribution in [1.29, 1.82) is 0 Å². The van der Waals surface area contributed by atoms with E-state index in [2.05, 4.69) is 10.3 Å². The smallest absolute Gasteiger partial charge is 0.226 e. The van der Waals surface area contributed by atoms with Crippen LogP contribution >= 0.6 is 24.0 Å². The summed E-state index contributed by atoms with van der Waals surface area (Å²) in [7, 11) is 3.21. The molecule has 0 saturated carbocycles. The molecule has 3 N–H and O–H groups in total. The van der Waals surface area contributed by atoms with Crippen LogP contribution in [0.2, 0.25) is 0 Å². The van der Waals surface area contributed by atoms with Gasteiger partial charge < -0.3 is 25.4 Å². The molecule has 1 aliphatic heterocycles. The fraction of sp³-hybridized carbons (Fsp3) is 0.364. The van der Waals surface area contributed by atoms with Gasteiger partial charge in [-0.1, -0.05) is 18.2 Å². The summed E-state index contributed by atoms with van der Waals surface area (Å²) in [4.78, 5) is 18.3. The van der Waals surface area contributed by atoms with Gasteiger partial charge in [-0.3, -0.25) is 4.79 Å². The van der Waals surface area contributed by atoms with Crippen molar-refractivity contribution in [3.8, 4) is 11.5 Å². The second-order valence-corrected chi connectivity index (χ2v) is 6.91. The molecule has 2 aromatic rings. The summed E-state index contributed by atoms with van der Waals surface area (Å²) in [5.74, 6) is 1.92. The Kier molecular flexibility index (Phi) is 9.22. The van der Waals surface area contributed by atoms with E-state index < -0.39 is 0 Å². The third-order valence-electron chi connectivity index (χ3n) is 4.92. The quantitative estimate of drug-likeness (QED) is 0.329. The van der Waals surface area contributed by atoms with Gasteiger partial charge >= 0.3 is 0 Å². The normalized spacial score (nSPS) is 14.1. The number of anilines is 1. The summed E-state index contributed by atoms with van der Waals surface area (Å²) >= 11 is 0. The predicted octanol–water partition coefficient (Wildman–Crippen LogP) is 3.44. The summed E-state index contributed by atoms with van der Waals surface area (Å²) in [5, 5.41) is 3.12. The number of methoxy groups -OCH3 is 2. The van der Waals surface area contributed by atoms with Gasteiger partial charge in [0.25, 0.3) is 0 Å². The second-order valence-electron chi connectivity index (χ2n) is 6.91. The summed E-state index contributed by atoms with van der Waals surface area (Å²) in [6.45, 7) is 1.80. The Balaban J connectivity index is 0.00000320. The molecule has 3 rings (SSSR count). The van der Waals surface area contributed by atoms with Crippen LogP contribution in [-0.2, 0) is 17.9 Å². The van der Waals surface area contributed by atoms with Crippen molar-refractivity contribution >= 4 is 41.5 Å². The first-order valence-corrected chi connectivity index (χ1v) is 9.74. The third-order valence-corrected chi connectivity index (χ3v) is 4.92. The highest BCUT2D eigenvalue weighted by atomic mass is 127. The molecule has 162 valence electrons. The van der Waals surface area contributed by atoms with Crippen molar-refractivity contribution in [2.75, 3.05) is 25.7 Å². The van der Waals surface area contributed by atoms with Crippen molar-refractivity contribution in [1.82, 2.24) is 5.32 Å². The number of nitrogens with one attached hydrogen (secondary N) is 1. The van der Waals surface area contributed by atoms with Crippen LogP contribution in [0.15, 0.2) is 47.5 Å². The standard InChI is InChI=1S/C22H28N4O3.HI/c1-28-19-11-8-17(13-20(19)29-2)15-25-22(23)24-14-16-6-9-18(10-7-16)26-12-4-3-5-21(26)27;/h6-11,13H,3-5,12,14-15H2,1-2H3,(H3,23,24,25);1H. The number of piperidine rings is 1. The molecule has 8 heteroatoms. The summed E-state index contributed by atoms with van der Waals surface area (Å²) in [5.41, 5.74) is 8.99. The number of nitrogens with two attached hydrogens (primary N) is 1. The number of amides is 1. The monoisotopic (exact) mass is 524 g/mol. The first-order chi connectivity index (χ1) is 14.1. The zero-order valence-electron chi connectivity index (χ0n) is 17.4. The van der Waals surface area contributed by atoms with Gasteiger partial charge in [0.2, 0.25) is 5.91 Å². The molecule has 30 heavy (non-hydrogen) atoms. The summed E-state index contributed by atoms with van der Waals surface area (Å²) < 4.78 is 10.5. The van der Waals surface area contributed by atoms with Crippen LogP contribution in [0.3, 0.4) is 0 Å². The Morgan fingerprint density at radius 1 is 1.07 bits per heavy atom. The maximum absolute atomic E-state index is 12.0. The Morgan fingerprint density at radius 3 is 2.43 bits per heavy atom. The van der Waals surface area contributed by atoms with Crippen molar-refractivity contribution in [2.24, 2.45) is 10.7 Å². The van der Waals surface area contributed by atoms with Crippen LogP contribution in [0, 0.1) is 0 Å². The highest BCUT2D eigenvalue weighted by molar-refractivity contribution is 14.0. The van der Waals surface area contributed by atoms with Gasteiger partial charge in [0.05, 0.1) is 20.8 Å².